The van der Waals surface area contributed by atoms with Crippen LogP contribution < -0.4 is 10.4 Å². The van der Waals surface area contributed by atoms with Gasteiger partial charge in [0.05, 0.1) is 6.61 Å². The number of ketones is 1. The molecule has 28 heavy (non-hydrogen) atoms. The number of fused-ring (bicyclic) bond motifs is 1. The summed E-state index contributed by atoms with van der Waals surface area (Å²) >= 11 is 0. The van der Waals surface area contributed by atoms with Crippen molar-refractivity contribution in [3.05, 3.63) is 39.2 Å². The molecule has 6 nitrogen and oxygen atoms in total. The van der Waals surface area contributed by atoms with Gasteiger partial charge in [0.2, 0.25) is 0 Å². The number of carbonyl (C=O) groups is 2. The van der Waals surface area contributed by atoms with Gasteiger partial charge in [-0.2, -0.15) is 0 Å². The Balaban J connectivity index is 2.33. The van der Waals surface area contributed by atoms with Crippen LogP contribution in [0.25, 0.3) is 11.0 Å². The van der Waals surface area contributed by atoms with Crippen molar-refractivity contribution in [3.8, 4) is 5.75 Å². The maximum atomic E-state index is 12.5. The predicted octanol–water partition coefficient (Wildman–Crippen LogP) is 3.90. The van der Waals surface area contributed by atoms with Crippen molar-refractivity contribution in [1.29, 1.82) is 0 Å². The van der Waals surface area contributed by atoms with E-state index in [0.717, 1.165) is 10.9 Å². The van der Waals surface area contributed by atoms with E-state index in [0.29, 0.717) is 29.1 Å². The molecule has 0 saturated carbocycles. The number of Topliss-reactive ketones (excluding diaryl/α,β-unsaturated/α-hetero) is 1. The van der Waals surface area contributed by atoms with Gasteiger partial charge in [-0.25, -0.2) is 4.79 Å². The highest BCUT2D eigenvalue weighted by atomic mass is 16.5. The number of esters is 1. The molecular weight excluding hydrogens is 360 g/mol. The minimum absolute atomic E-state index is 0.0149. The van der Waals surface area contributed by atoms with Crippen LogP contribution in [0.3, 0.4) is 0 Å². The zero-order valence-electron chi connectivity index (χ0n) is 17.4. The van der Waals surface area contributed by atoms with Crippen LogP contribution in [-0.2, 0) is 20.7 Å². The second kappa shape index (κ2) is 8.59. The van der Waals surface area contributed by atoms with Crippen molar-refractivity contribution in [1.82, 2.24) is 0 Å². The quantitative estimate of drug-likeness (QED) is 0.528. The first-order chi connectivity index (χ1) is 13.1. The maximum absolute atomic E-state index is 12.5. The molecule has 0 N–H and O–H groups in total. The van der Waals surface area contributed by atoms with E-state index >= 15 is 0 Å². The van der Waals surface area contributed by atoms with Gasteiger partial charge in [0.1, 0.15) is 17.9 Å². The molecule has 0 aliphatic heterocycles. The summed E-state index contributed by atoms with van der Waals surface area (Å²) in [6, 6.07) is 3.58. The number of hydrogen-bond donors (Lipinski definition) is 0. The average molecular weight is 388 g/mol. The van der Waals surface area contributed by atoms with Crippen molar-refractivity contribution in [2.45, 2.75) is 54.4 Å². The first kappa shape index (κ1) is 21.7. The van der Waals surface area contributed by atoms with Gasteiger partial charge < -0.3 is 13.9 Å². The van der Waals surface area contributed by atoms with Crippen LogP contribution in [0, 0.1) is 19.3 Å². The van der Waals surface area contributed by atoms with E-state index < -0.39 is 11.0 Å². The highest BCUT2D eigenvalue weighted by Gasteiger charge is 2.22. The monoisotopic (exact) mass is 388 g/mol. The number of aryl methyl sites for hydroxylation is 2. The minimum atomic E-state index is -0.484. The maximum Gasteiger partial charge on any atom is 0.339 e. The summed E-state index contributed by atoms with van der Waals surface area (Å²) in [4.78, 5) is 36.2. The highest BCUT2D eigenvalue weighted by Crippen LogP contribution is 2.30. The zero-order valence-corrected chi connectivity index (χ0v) is 17.4. The second-order valence-electron chi connectivity index (χ2n) is 7.83. The predicted molar refractivity (Wildman–Crippen MR) is 107 cm³/mol. The largest absolute Gasteiger partial charge is 0.485 e. The van der Waals surface area contributed by atoms with Gasteiger partial charge >= 0.3 is 11.6 Å². The van der Waals surface area contributed by atoms with E-state index in [1.165, 1.54) is 0 Å². The van der Waals surface area contributed by atoms with Gasteiger partial charge in [0, 0.05) is 28.3 Å². The standard InChI is InChI=1S/C22H28O6/c1-7-26-19(24)11-9-16-13(2)15-8-10-17(14(3)20(15)28-21(16)25)27-12-18(23)22(4,5)6/h8,10H,7,9,11-12H2,1-6H3. The van der Waals surface area contributed by atoms with Gasteiger partial charge in [-0.1, -0.05) is 20.8 Å². The molecule has 0 aliphatic rings. The summed E-state index contributed by atoms with van der Waals surface area (Å²) in [7, 11) is 0. The number of carbonyl (C=O) groups excluding carboxylic acids is 2. The van der Waals surface area contributed by atoms with Crippen molar-refractivity contribution in [3.63, 3.8) is 0 Å². The highest BCUT2D eigenvalue weighted by molar-refractivity contribution is 5.87. The Morgan fingerprint density at radius 3 is 2.39 bits per heavy atom. The fourth-order valence-electron chi connectivity index (χ4n) is 2.84. The Labute approximate surface area is 164 Å². The lowest BCUT2D eigenvalue weighted by Crippen LogP contribution is -2.26. The summed E-state index contributed by atoms with van der Waals surface area (Å²) in [6.45, 7) is 11.2. The average Bonchev–Trinajstić information content (AvgIpc) is 2.60. The Kier molecular flexibility index (Phi) is 6.65. The Morgan fingerprint density at radius 2 is 1.79 bits per heavy atom. The second-order valence-corrected chi connectivity index (χ2v) is 7.83. The molecule has 0 radical (unpaired) electrons. The molecule has 152 valence electrons. The lowest BCUT2D eigenvalue weighted by Gasteiger charge is -2.18. The van der Waals surface area contributed by atoms with E-state index in [4.69, 9.17) is 13.9 Å². The third-order valence-electron chi connectivity index (χ3n) is 4.73. The van der Waals surface area contributed by atoms with Crippen molar-refractivity contribution in [2.75, 3.05) is 13.2 Å². The van der Waals surface area contributed by atoms with Crippen LogP contribution in [0.5, 0.6) is 5.75 Å². The third kappa shape index (κ3) is 4.80. The summed E-state index contributed by atoms with van der Waals surface area (Å²) in [5, 5.41) is 0.783. The molecule has 0 aliphatic carbocycles. The molecule has 0 saturated heterocycles. The number of hydrogen-bond acceptors (Lipinski definition) is 6. The van der Waals surface area contributed by atoms with E-state index in [9.17, 15) is 14.4 Å². The van der Waals surface area contributed by atoms with Crippen LogP contribution in [-0.4, -0.2) is 25.0 Å². The van der Waals surface area contributed by atoms with Crippen LogP contribution in [0.15, 0.2) is 21.3 Å². The molecule has 0 fully saturated rings. The molecule has 6 heteroatoms. The Morgan fingerprint density at radius 1 is 1.11 bits per heavy atom. The third-order valence-corrected chi connectivity index (χ3v) is 4.73. The van der Waals surface area contributed by atoms with Gasteiger partial charge in [-0.15, -0.1) is 0 Å². The Hall–Kier alpha value is -2.63. The van der Waals surface area contributed by atoms with E-state index in [2.05, 4.69) is 0 Å². The van der Waals surface area contributed by atoms with Gasteiger partial charge in [0.15, 0.2) is 5.78 Å². The van der Waals surface area contributed by atoms with Crippen LogP contribution >= 0.6 is 0 Å². The molecule has 0 amide bonds. The van der Waals surface area contributed by atoms with E-state index in [1.807, 2.05) is 33.8 Å². The molecule has 0 atom stereocenters. The van der Waals surface area contributed by atoms with Crippen molar-refractivity contribution < 1.29 is 23.5 Å². The fourth-order valence-corrected chi connectivity index (χ4v) is 2.84. The first-order valence-electron chi connectivity index (χ1n) is 9.43. The van der Waals surface area contributed by atoms with Crippen LogP contribution in [0.1, 0.15) is 50.8 Å². The lowest BCUT2D eigenvalue weighted by molar-refractivity contribution is -0.143. The summed E-state index contributed by atoms with van der Waals surface area (Å²) in [5.74, 6) is 0.149. The molecule has 1 aromatic heterocycles. The van der Waals surface area contributed by atoms with Gasteiger partial charge in [-0.05, 0) is 44.9 Å². The summed E-state index contributed by atoms with van der Waals surface area (Å²) < 4.78 is 16.1. The molecular formula is C22H28O6. The topological polar surface area (TPSA) is 82.8 Å². The van der Waals surface area contributed by atoms with Crippen molar-refractivity contribution in [2.24, 2.45) is 5.41 Å². The molecule has 0 bridgehead atoms. The summed E-state index contributed by atoms with van der Waals surface area (Å²) in [5.41, 5.74) is 1.38. The lowest BCUT2D eigenvalue weighted by atomic mass is 9.91. The molecule has 0 unspecified atom stereocenters. The van der Waals surface area contributed by atoms with Gasteiger partial charge in [-0.3, -0.25) is 9.59 Å². The Bertz CT molecular complexity index is 946. The van der Waals surface area contributed by atoms with Gasteiger partial charge in [0.25, 0.3) is 0 Å². The normalized spacial score (nSPS) is 11.5. The van der Waals surface area contributed by atoms with Crippen LogP contribution in [0.4, 0.5) is 0 Å². The van der Waals surface area contributed by atoms with Crippen molar-refractivity contribution >= 4 is 22.7 Å². The van der Waals surface area contributed by atoms with Crippen LogP contribution in [0.2, 0.25) is 0 Å². The minimum Gasteiger partial charge on any atom is -0.485 e. The first-order valence-corrected chi connectivity index (χ1v) is 9.43. The van der Waals surface area contributed by atoms with E-state index in [-0.39, 0.29) is 31.2 Å². The number of ether oxygens (including phenoxy) is 2. The molecule has 1 heterocycles. The fraction of sp³-hybridized carbons (Fsp3) is 0.500. The molecule has 2 rings (SSSR count). The molecule has 0 spiro atoms. The number of rotatable bonds is 7. The SMILES string of the molecule is CCOC(=O)CCc1c(C)c2ccc(OCC(=O)C(C)(C)C)c(C)c2oc1=O. The number of benzene rings is 1. The smallest absolute Gasteiger partial charge is 0.339 e. The van der Waals surface area contributed by atoms with E-state index in [1.54, 1.807) is 19.9 Å². The molecule has 2 aromatic rings. The summed E-state index contributed by atoms with van der Waals surface area (Å²) in [6.07, 6.45) is 0.389. The molecule has 1 aromatic carbocycles. The zero-order chi connectivity index (χ0) is 21.1.